The number of likely N-dealkylation sites (tertiary alicyclic amines) is 1. The van der Waals surface area contributed by atoms with Crippen molar-refractivity contribution < 1.29 is 14.3 Å². The highest BCUT2D eigenvalue weighted by Crippen LogP contribution is 2.22. The molecule has 1 saturated heterocycles. The third-order valence-corrected chi connectivity index (χ3v) is 4.40. The number of piperidine rings is 1. The zero-order valence-corrected chi connectivity index (χ0v) is 14.8. The molecule has 0 unspecified atom stereocenters. The van der Waals surface area contributed by atoms with Crippen molar-refractivity contribution in [3.63, 3.8) is 0 Å². The van der Waals surface area contributed by atoms with Crippen molar-refractivity contribution in [2.45, 2.75) is 25.4 Å². The van der Waals surface area contributed by atoms with E-state index in [4.69, 9.17) is 15.2 Å². The van der Waals surface area contributed by atoms with Crippen LogP contribution in [0.1, 0.15) is 29.6 Å². The van der Waals surface area contributed by atoms with Gasteiger partial charge in [0.1, 0.15) is 11.5 Å². The maximum atomic E-state index is 12.7. The predicted octanol–water partition coefficient (Wildman–Crippen LogP) is 2.84. The van der Waals surface area contributed by atoms with E-state index in [0.29, 0.717) is 30.2 Å². The third-order valence-electron chi connectivity index (χ3n) is 4.40. The van der Waals surface area contributed by atoms with Gasteiger partial charge in [-0.05, 0) is 62.2 Å². The van der Waals surface area contributed by atoms with Gasteiger partial charge in [0.05, 0.1) is 12.3 Å². The third kappa shape index (κ3) is 5.03. The van der Waals surface area contributed by atoms with Gasteiger partial charge in [-0.25, -0.2) is 0 Å². The summed E-state index contributed by atoms with van der Waals surface area (Å²) >= 11 is 0. The molecule has 2 heterocycles. The molecule has 1 aliphatic rings. The lowest BCUT2D eigenvalue weighted by Crippen LogP contribution is -2.41. The first-order valence-corrected chi connectivity index (χ1v) is 9.05. The highest BCUT2D eigenvalue weighted by atomic mass is 16.5. The number of rotatable bonds is 7. The van der Waals surface area contributed by atoms with Gasteiger partial charge in [-0.15, -0.1) is 0 Å². The Morgan fingerprint density at radius 2 is 1.92 bits per heavy atom. The molecule has 1 amide bonds. The Balaban J connectivity index is 1.51. The van der Waals surface area contributed by atoms with Crippen LogP contribution in [0.25, 0.3) is 0 Å². The number of nitrogens with zero attached hydrogens (tertiary/aromatic N) is 2. The largest absolute Gasteiger partial charge is 0.456 e. The Kier molecular flexibility index (Phi) is 6.57. The molecule has 1 aromatic heterocycles. The van der Waals surface area contributed by atoms with Crippen LogP contribution in [0.5, 0.6) is 11.5 Å². The highest BCUT2D eigenvalue weighted by Gasteiger charge is 2.23. The van der Waals surface area contributed by atoms with Gasteiger partial charge in [0, 0.05) is 31.5 Å². The highest BCUT2D eigenvalue weighted by molar-refractivity contribution is 5.94. The van der Waals surface area contributed by atoms with E-state index >= 15 is 0 Å². The lowest BCUT2D eigenvalue weighted by molar-refractivity contribution is 0.00845. The van der Waals surface area contributed by atoms with Crippen LogP contribution in [0, 0.1) is 0 Å². The van der Waals surface area contributed by atoms with Crippen molar-refractivity contribution in [2.75, 3.05) is 26.2 Å². The number of carbonyl (C=O) groups excluding carboxylic acids is 1. The molecule has 6 heteroatoms. The fraction of sp³-hybridized carbons (Fsp3) is 0.400. The maximum Gasteiger partial charge on any atom is 0.253 e. The van der Waals surface area contributed by atoms with Gasteiger partial charge in [0.15, 0.2) is 0 Å². The minimum atomic E-state index is 0.0540. The van der Waals surface area contributed by atoms with Crippen molar-refractivity contribution in [2.24, 2.45) is 5.73 Å². The Labute approximate surface area is 153 Å². The molecule has 0 radical (unpaired) electrons. The molecule has 0 aliphatic carbocycles. The van der Waals surface area contributed by atoms with Crippen LogP contribution in [0.15, 0.2) is 48.8 Å². The maximum absolute atomic E-state index is 12.7. The summed E-state index contributed by atoms with van der Waals surface area (Å²) in [6, 6.07) is 10.9. The summed E-state index contributed by atoms with van der Waals surface area (Å²) in [7, 11) is 0. The van der Waals surface area contributed by atoms with Gasteiger partial charge in [0.2, 0.25) is 0 Å². The summed E-state index contributed by atoms with van der Waals surface area (Å²) in [4.78, 5) is 18.6. The predicted molar refractivity (Wildman–Crippen MR) is 99.3 cm³/mol. The average molecular weight is 355 g/mol. The molecular weight excluding hydrogens is 330 g/mol. The minimum Gasteiger partial charge on any atom is -0.456 e. The molecule has 3 rings (SSSR count). The molecule has 0 saturated carbocycles. The number of hydrogen-bond acceptors (Lipinski definition) is 5. The quantitative estimate of drug-likeness (QED) is 0.773. The van der Waals surface area contributed by atoms with E-state index in [9.17, 15) is 4.79 Å². The minimum absolute atomic E-state index is 0.0540. The molecule has 1 aromatic carbocycles. The molecule has 2 aromatic rings. The number of ether oxygens (including phenoxy) is 2. The second-order valence-electron chi connectivity index (χ2n) is 6.32. The molecule has 0 spiro atoms. The molecule has 6 nitrogen and oxygen atoms in total. The van der Waals surface area contributed by atoms with Crippen molar-refractivity contribution in [1.29, 1.82) is 0 Å². The summed E-state index contributed by atoms with van der Waals surface area (Å²) in [6.07, 6.45) is 6.21. The van der Waals surface area contributed by atoms with Crippen LogP contribution in [-0.2, 0) is 4.74 Å². The van der Waals surface area contributed by atoms with Crippen molar-refractivity contribution in [1.82, 2.24) is 9.88 Å². The topological polar surface area (TPSA) is 77.7 Å². The van der Waals surface area contributed by atoms with E-state index in [1.165, 1.54) is 0 Å². The Morgan fingerprint density at radius 3 is 2.58 bits per heavy atom. The fourth-order valence-corrected chi connectivity index (χ4v) is 2.95. The summed E-state index contributed by atoms with van der Waals surface area (Å²) in [5, 5.41) is 0. The van der Waals surface area contributed by atoms with E-state index in [1.807, 2.05) is 29.2 Å². The second kappa shape index (κ2) is 9.31. The van der Waals surface area contributed by atoms with Gasteiger partial charge in [0.25, 0.3) is 5.91 Å². The van der Waals surface area contributed by atoms with Crippen molar-refractivity contribution >= 4 is 5.91 Å². The zero-order valence-electron chi connectivity index (χ0n) is 14.8. The summed E-state index contributed by atoms with van der Waals surface area (Å²) in [5.74, 6) is 1.41. The van der Waals surface area contributed by atoms with Crippen LogP contribution >= 0.6 is 0 Å². The first-order chi connectivity index (χ1) is 12.8. The normalized spacial score (nSPS) is 15.0. The van der Waals surface area contributed by atoms with E-state index in [1.54, 1.807) is 24.5 Å². The number of pyridine rings is 1. The molecule has 2 N–H and O–H groups in total. The SMILES string of the molecule is NCCCOC1CCN(C(=O)c2ccc(Oc3cccnc3)cc2)CC1. The molecule has 138 valence electrons. The van der Waals surface area contributed by atoms with Gasteiger partial charge in [-0.3, -0.25) is 9.78 Å². The number of aromatic nitrogens is 1. The summed E-state index contributed by atoms with van der Waals surface area (Å²) < 4.78 is 11.5. The number of hydrogen-bond donors (Lipinski definition) is 1. The van der Waals surface area contributed by atoms with Crippen LogP contribution in [0.4, 0.5) is 0 Å². The van der Waals surface area contributed by atoms with Crippen LogP contribution < -0.4 is 10.5 Å². The van der Waals surface area contributed by atoms with Crippen molar-refractivity contribution in [3.05, 3.63) is 54.4 Å². The van der Waals surface area contributed by atoms with Gasteiger partial charge in [-0.1, -0.05) is 0 Å². The zero-order chi connectivity index (χ0) is 18.2. The Morgan fingerprint density at radius 1 is 1.15 bits per heavy atom. The monoisotopic (exact) mass is 355 g/mol. The lowest BCUT2D eigenvalue weighted by Gasteiger charge is -2.32. The molecule has 0 bridgehead atoms. The van der Waals surface area contributed by atoms with Crippen LogP contribution in [0.3, 0.4) is 0 Å². The Bertz CT molecular complexity index is 683. The summed E-state index contributed by atoms with van der Waals surface area (Å²) in [5.41, 5.74) is 6.15. The summed E-state index contributed by atoms with van der Waals surface area (Å²) in [6.45, 7) is 2.80. The molecule has 0 atom stereocenters. The Hall–Kier alpha value is -2.44. The average Bonchev–Trinajstić information content (AvgIpc) is 2.70. The fourth-order valence-electron chi connectivity index (χ4n) is 2.95. The van der Waals surface area contributed by atoms with Gasteiger partial charge < -0.3 is 20.1 Å². The van der Waals surface area contributed by atoms with Gasteiger partial charge >= 0.3 is 0 Å². The van der Waals surface area contributed by atoms with Crippen LogP contribution in [-0.4, -0.2) is 48.1 Å². The van der Waals surface area contributed by atoms with Crippen LogP contribution in [0.2, 0.25) is 0 Å². The molecule has 1 aliphatic heterocycles. The van der Waals surface area contributed by atoms with E-state index in [2.05, 4.69) is 4.98 Å². The number of carbonyl (C=O) groups is 1. The molecule has 1 fully saturated rings. The van der Waals surface area contributed by atoms with Crippen molar-refractivity contribution in [3.8, 4) is 11.5 Å². The smallest absolute Gasteiger partial charge is 0.253 e. The molecular formula is C20H25N3O3. The van der Waals surface area contributed by atoms with E-state index in [-0.39, 0.29) is 12.0 Å². The first kappa shape index (κ1) is 18.4. The number of nitrogens with two attached hydrogens (primary N) is 1. The molecule has 26 heavy (non-hydrogen) atoms. The number of amides is 1. The lowest BCUT2D eigenvalue weighted by atomic mass is 10.1. The van der Waals surface area contributed by atoms with E-state index < -0.39 is 0 Å². The number of benzene rings is 1. The second-order valence-corrected chi connectivity index (χ2v) is 6.32. The standard InChI is InChI=1S/C20H25N3O3/c21-10-2-14-25-17-8-12-23(13-9-17)20(24)16-4-6-18(7-5-16)26-19-3-1-11-22-15-19/h1,3-7,11,15,17H,2,8-10,12-14,21H2. The first-order valence-electron chi connectivity index (χ1n) is 9.05. The van der Waals surface area contributed by atoms with E-state index in [0.717, 1.165) is 32.4 Å². The van der Waals surface area contributed by atoms with Gasteiger partial charge in [-0.2, -0.15) is 0 Å².